The second kappa shape index (κ2) is 4.21. The van der Waals surface area contributed by atoms with Crippen LogP contribution in [0.1, 0.15) is 51.4 Å². The quantitative estimate of drug-likeness (QED) is 0.829. The summed E-state index contributed by atoms with van der Waals surface area (Å²) in [6, 6.07) is 0. The molecule has 5 rings (SSSR count). The molecule has 1 heterocycles. The van der Waals surface area contributed by atoms with Gasteiger partial charge in [0, 0.05) is 18.5 Å². The Kier molecular flexibility index (Phi) is 2.70. The third-order valence-corrected chi connectivity index (χ3v) is 6.44. The molecule has 0 radical (unpaired) electrons. The third kappa shape index (κ3) is 1.84. The molecule has 5 fully saturated rings. The van der Waals surface area contributed by atoms with Gasteiger partial charge in [0.2, 0.25) is 5.91 Å². The number of nitrogens with two attached hydrogens (primary N) is 1. The second-order valence-electron chi connectivity index (χ2n) is 7.78. The van der Waals surface area contributed by atoms with Crippen molar-refractivity contribution in [3.8, 4) is 0 Å². The summed E-state index contributed by atoms with van der Waals surface area (Å²) in [5.74, 6) is 3.62. The Balaban J connectivity index is 1.57. The molecule has 0 aromatic rings. The van der Waals surface area contributed by atoms with Gasteiger partial charge in [0.1, 0.15) is 0 Å². The Labute approximate surface area is 115 Å². The van der Waals surface area contributed by atoms with Gasteiger partial charge < -0.3 is 10.6 Å². The lowest BCUT2D eigenvalue weighted by Crippen LogP contribution is -2.63. The van der Waals surface area contributed by atoms with Crippen molar-refractivity contribution in [1.29, 1.82) is 0 Å². The van der Waals surface area contributed by atoms with Crippen molar-refractivity contribution >= 4 is 5.91 Å². The molecule has 4 bridgehead atoms. The average molecular weight is 262 g/mol. The standard InChI is InChI=1S/C16H26N2O/c17-10-11-1-2-18(15(19)6-11)16-7-12-3-13(8-16)5-14(4-12)9-16/h11-14H,1-10,17H2. The Morgan fingerprint density at radius 3 is 2.16 bits per heavy atom. The fraction of sp³-hybridized carbons (Fsp3) is 0.938. The maximum atomic E-state index is 12.5. The molecule has 1 amide bonds. The lowest BCUT2D eigenvalue weighted by atomic mass is 9.52. The first-order valence-corrected chi connectivity index (χ1v) is 8.19. The molecule has 4 saturated carbocycles. The smallest absolute Gasteiger partial charge is 0.223 e. The molecule has 0 aromatic carbocycles. The lowest BCUT2D eigenvalue weighted by molar-refractivity contribution is -0.156. The van der Waals surface area contributed by atoms with E-state index in [0.29, 0.717) is 24.8 Å². The maximum absolute atomic E-state index is 12.5. The number of hydrogen-bond donors (Lipinski definition) is 1. The molecule has 106 valence electrons. The Bertz CT molecular complexity index is 357. The van der Waals surface area contributed by atoms with Crippen molar-refractivity contribution in [3.05, 3.63) is 0 Å². The molecule has 0 spiro atoms. The van der Waals surface area contributed by atoms with Crippen molar-refractivity contribution in [2.24, 2.45) is 29.4 Å². The van der Waals surface area contributed by atoms with Crippen LogP contribution in [0.5, 0.6) is 0 Å². The molecule has 1 aliphatic heterocycles. The van der Waals surface area contributed by atoms with Gasteiger partial charge in [-0.1, -0.05) is 0 Å². The molecule has 1 atom stereocenters. The van der Waals surface area contributed by atoms with Crippen molar-refractivity contribution in [1.82, 2.24) is 4.90 Å². The van der Waals surface area contributed by atoms with Crippen molar-refractivity contribution < 1.29 is 4.79 Å². The van der Waals surface area contributed by atoms with Crippen molar-refractivity contribution in [2.75, 3.05) is 13.1 Å². The van der Waals surface area contributed by atoms with Crippen LogP contribution in [0, 0.1) is 23.7 Å². The number of carbonyl (C=O) groups is 1. The van der Waals surface area contributed by atoms with Crippen LogP contribution in [0.2, 0.25) is 0 Å². The van der Waals surface area contributed by atoms with Gasteiger partial charge in [-0.2, -0.15) is 0 Å². The zero-order valence-electron chi connectivity index (χ0n) is 11.8. The molecule has 1 saturated heterocycles. The fourth-order valence-corrected chi connectivity index (χ4v) is 5.99. The Morgan fingerprint density at radius 1 is 1.11 bits per heavy atom. The first-order valence-electron chi connectivity index (χ1n) is 8.19. The minimum atomic E-state index is 0.269. The largest absolute Gasteiger partial charge is 0.337 e. The van der Waals surface area contributed by atoms with Crippen LogP contribution < -0.4 is 5.73 Å². The summed E-state index contributed by atoms with van der Waals surface area (Å²) in [4.78, 5) is 14.9. The van der Waals surface area contributed by atoms with E-state index >= 15 is 0 Å². The minimum absolute atomic E-state index is 0.269. The topological polar surface area (TPSA) is 46.3 Å². The van der Waals surface area contributed by atoms with E-state index in [1.54, 1.807) is 0 Å². The molecule has 3 nitrogen and oxygen atoms in total. The SMILES string of the molecule is NCC1CCN(C23CC4CC(CC(C4)C2)C3)C(=O)C1. The average Bonchev–Trinajstić information content (AvgIpc) is 2.36. The fourth-order valence-electron chi connectivity index (χ4n) is 5.99. The molecule has 1 unspecified atom stereocenters. The number of piperidine rings is 1. The number of rotatable bonds is 2. The summed E-state index contributed by atoms with van der Waals surface area (Å²) in [6.45, 7) is 1.66. The van der Waals surface area contributed by atoms with Gasteiger partial charge in [-0.25, -0.2) is 0 Å². The summed E-state index contributed by atoms with van der Waals surface area (Å²) >= 11 is 0. The first-order chi connectivity index (χ1) is 9.18. The van der Waals surface area contributed by atoms with Crippen LogP contribution in [0.4, 0.5) is 0 Å². The van der Waals surface area contributed by atoms with Crippen LogP contribution in [-0.2, 0) is 4.79 Å². The normalized spacial score (nSPS) is 48.9. The molecule has 19 heavy (non-hydrogen) atoms. The van der Waals surface area contributed by atoms with Crippen LogP contribution in [0.15, 0.2) is 0 Å². The summed E-state index contributed by atoms with van der Waals surface area (Å²) in [6.07, 6.45) is 10.1. The minimum Gasteiger partial charge on any atom is -0.337 e. The van der Waals surface area contributed by atoms with Gasteiger partial charge in [0.15, 0.2) is 0 Å². The summed E-state index contributed by atoms with van der Waals surface area (Å²) in [7, 11) is 0. The van der Waals surface area contributed by atoms with E-state index in [1.165, 1.54) is 38.5 Å². The van der Waals surface area contributed by atoms with E-state index in [9.17, 15) is 4.79 Å². The van der Waals surface area contributed by atoms with Gasteiger partial charge >= 0.3 is 0 Å². The lowest BCUT2D eigenvalue weighted by Gasteiger charge is -2.61. The molecule has 0 aromatic heterocycles. The number of likely N-dealkylation sites (tertiary alicyclic amines) is 1. The van der Waals surface area contributed by atoms with E-state index in [-0.39, 0.29) is 5.54 Å². The molecule has 4 aliphatic carbocycles. The number of hydrogen-bond acceptors (Lipinski definition) is 2. The number of nitrogens with zero attached hydrogens (tertiary/aromatic N) is 1. The molecule has 3 heteroatoms. The Morgan fingerprint density at radius 2 is 1.68 bits per heavy atom. The summed E-state index contributed by atoms with van der Waals surface area (Å²) in [5, 5.41) is 0. The highest BCUT2D eigenvalue weighted by molar-refractivity contribution is 5.78. The zero-order valence-corrected chi connectivity index (χ0v) is 11.8. The van der Waals surface area contributed by atoms with E-state index in [0.717, 1.165) is 30.7 Å². The van der Waals surface area contributed by atoms with E-state index in [4.69, 9.17) is 5.73 Å². The van der Waals surface area contributed by atoms with Gasteiger partial charge in [-0.15, -0.1) is 0 Å². The van der Waals surface area contributed by atoms with Gasteiger partial charge in [-0.3, -0.25) is 4.79 Å². The van der Waals surface area contributed by atoms with Gasteiger partial charge in [0.25, 0.3) is 0 Å². The Hall–Kier alpha value is -0.570. The molecule has 5 aliphatic rings. The van der Waals surface area contributed by atoms with E-state index in [2.05, 4.69) is 4.90 Å². The highest BCUT2D eigenvalue weighted by atomic mass is 16.2. The monoisotopic (exact) mass is 262 g/mol. The first kappa shape index (κ1) is 12.2. The third-order valence-electron chi connectivity index (χ3n) is 6.44. The second-order valence-corrected chi connectivity index (χ2v) is 7.78. The summed E-state index contributed by atoms with van der Waals surface area (Å²) < 4.78 is 0. The van der Waals surface area contributed by atoms with Crippen LogP contribution >= 0.6 is 0 Å². The van der Waals surface area contributed by atoms with Gasteiger partial charge in [-0.05, 0) is 75.2 Å². The zero-order chi connectivity index (χ0) is 13.0. The molecular weight excluding hydrogens is 236 g/mol. The number of carbonyl (C=O) groups excluding carboxylic acids is 1. The van der Waals surface area contributed by atoms with Gasteiger partial charge in [0.05, 0.1) is 0 Å². The highest BCUT2D eigenvalue weighted by Crippen LogP contribution is 2.58. The van der Waals surface area contributed by atoms with Crippen molar-refractivity contribution in [3.63, 3.8) is 0 Å². The predicted molar refractivity (Wildman–Crippen MR) is 74.4 cm³/mol. The molecule has 2 N–H and O–H groups in total. The van der Waals surface area contributed by atoms with Crippen molar-refractivity contribution in [2.45, 2.75) is 56.9 Å². The van der Waals surface area contributed by atoms with E-state index in [1.807, 2.05) is 0 Å². The number of amides is 1. The summed E-state index contributed by atoms with van der Waals surface area (Å²) in [5.41, 5.74) is 6.02. The van der Waals surface area contributed by atoms with E-state index < -0.39 is 0 Å². The van der Waals surface area contributed by atoms with Crippen LogP contribution in [0.3, 0.4) is 0 Å². The van der Waals surface area contributed by atoms with Crippen LogP contribution in [-0.4, -0.2) is 29.4 Å². The maximum Gasteiger partial charge on any atom is 0.223 e. The highest BCUT2D eigenvalue weighted by Gasteiger charge is 2.55. The predicted octanol–water partition coefficient (Wildman–Crippen LogP) is 2.15. The van der Waals surface area contributed by atoms with Crippen LogP contribution in [0.25, 0.3) is 0 Å². The molecular formula is C16H26N2O.